The van der Waals surface area contributed by atoms with Crippen molar-refractivity contribution in [2.75, 3.05) is 20.3 Å². The zero-order valence-electron chi connectivity index (χ0n) is 14.2. The number of hydrogen-bond donors (Lipinski definition) is 1. The summed E-state index contributed by atoms with van der Waals surface area (Å²) in [7, 11) is 1.58. The first-order valence-corrected chi connectivity index (χ1v) is 8.08. The molecule has 6 nitrogen and oxygen atoms in total. The van der Waals surface area contributed by atoms with Gasteiger partial charge in [0, 0.05) is 11.1 Å². The largest absolute Gasteiger partial charge is 0.497 e. The molecule has 1 unspecified atom stereocenters. The van der Waals surface area contributed by atoms with E-state index in [0.717, 1.165) is 11.3 Å². The summed E-state index contributed by atoms with van der Waals surface area (Å²) in [5.41, 5.74) is 1.48. The minimum atomic E-state index is -2.13. The van der Waals surface area contributed by atoms with Crippen LogP contribution in [0.4, 0.5) is 4.39 Å². The molecule has 138 valence electrons. The van der Waals surface area contributed by atoms with Gasteiger partial charge in [-0.15, -0.1) is 0 Å². The number of carbonyl (C=O) groups is 1. The zero-order valence-corrected chi connectivity index (χ0v) is 14.2. The third kappa shape index (κ3) is 4.12. The highest BCUT2D eigenvalue weighted by molar-refractivity contribution is 5.74. The highest BCUT2D eigenvalue weighted by Crippen LogP contribution is 2.34. The Hall–Kier alpha value is -2.64. The van der Waals surface area contributed by atoms with Gasteiger partial charge in [0.25, 0.3) is 0 Å². The van der Waals surface area contributed by atoms with Crippen LogP contribution in [0, 0.1) is 0 Å². The number of alkyl halides is 1. The summed E-state index contributed by atoms with van der Waals surface area (Å²) in [6.07, 6.45) is -2.74. The van der Waals surface area contributed by atoms with Crippen molar-refractivity contribution in [3.8, 4) is 11.5 Å². The van der Waals surface area contributed by atoms with Crippen molar-refractivity contribution in [1.82, 2.24) is 0 Å². The Morgan fingerprint density at radius 3 is 2.54 bits per heavy atom. The summed E-state index contributed by atoms with van der Waals surface area (Å²) < 4.78 is 35.8. The van der Waals surface area contributed by atoms with Crippen molar-refractivity contribution >= 4 is 5.97 Å². The molecular formula is C19H19FO6. The first-order valence-electron chi connectivity index (χ1n) is 8.08. The summed E-state index contributed by atoms with van der Waals surface area (Å²) in [6.45, 7) is 1.12. The van der Waals surface area contributed by atoms with Gasteiger partial charge in [-0.3, -0.25) is 0 Å². The molecule has 1 atom stereocenters. The molecule has 0 aliphatic carbocycles. The van der Waals surface area contributed by atoms with Crippen LogP contribution >= 0.6 is 0 Å². The van der Waals surface area contributed by atoms with E-state index in [1.165, 1.54) is 12.1 Å². The Morgan fingerprint density at radius 1 is 1.23 bits per heavy atom. The number of rotatable bonds is 7. The molecule has 1 aliphatic rings. The maximum absolute atomic E-state index is 13.9. The average molecular weight is 362 g/mol. The minimum Gasteiger partial charge on any atom is -0.497 e. The van der Waals surface area contributed by atoms with Gasteiger partial charge in [0.05, 0.1) is 20.3 Å². The van der Waals surface area contributed by atoms with E-state index in [1.807, 2.05) is 12.1 Å². The normalized spacial score (nSPS) is 15.6. The van der Waals surface area contributed by atoms with Crippen molar-refractivity contribution < 1.29 is 33.2 Å². The number of halogens is 1. The SMILES string of the molecule is COc1ccc(COc2cc(C(F)C(=O)O)ccc2C2OCCO2)cc1. The molecular weight excluding hydrogens is 343 g/mol. The van der Waals surface area contributed by atoms with Crippen molar-refractivity contribution in [2.24, 2.45) is 0 Å². The topological polar surface area (TPSA) is 74.2 Å². The molecule has 1 saturated heterocycles. The lowest BCUT2D eigenvalue weighted by atomic mass is 10.1. The standard InChI is InChI=1S/C19H19FO6/c1-23-14-5-2-12(3-6-14)11-26-16-10-13(17(20)18(21)22)4-7-15(16)19-24-8-9-25-19/h2-7,10,17,19H,8-9,11H2,1H3,(H,21,22). The van der Waals surface area contributed by atoms with Crippen LogP contribution in [0.25, 0.3) is 0 Å². The fourth-order valence-corrected chi connectivity index (χ4v) is 2.59. The van der Waals surface area contributed by atoms with Gasteiger partial charge in [-0.1, -0.05) is 18.2 Å². The molecule has 2 aromatic rings. The van der Waals surface area contributed by atoms with Crippen LogP contribution in [-0.2, 0) is 20.9 Å². The summed E-state index contributed by atoms with van der Waals surface area (Å²) >= 11 is 0. The molecule has 0 aromatic heterocycles. The summed E-state index contributed by atoms with van der Waals surface area (Å²) in [4.78, 5) is 10.9. The van der Waals surface area contributed by atoms with E-state index in [1.54, 1.807) is 25.3 Å². The lowest BCUT2D eigenvalue weighted by Gasteiger charge is -2.17. The van der Waals surface area contributed by atoms with Crippen LogP contribution in [0.2, 0.25) is 0 Å². The summed E-state index contributed by atoms with van der Waals surface area (Å²) in [6, 6.07) is 11.7. The van der Waals surface area contributed by atoms with E-state index in [9.17, 15) is 9.18 Å². The maximum Gasteiger partial charge on any atom is 0.343 e. The minimum absolute atomic E-state index is 0.00368. The second kappa shape index (κ2) is 8.16. The number of hydrogen-bond acceptors (Lipinski definition) is 5. The molecule has 2 aromatic carbocycles. The number of methoxy groups -OCH3 is 1. The van der Waals surface area contributed by atoms with E-state index in [0.29, 0.717) is 24.5 Å². The van der Waals surface area contributed by atoms with Crippen molar-refractivity contribution in [1.29, 1.82) is 0 Å². The Morgan fingerprint density at radius 2 is 1.92 bits per heavy atom. The van der Waals surface area contributed by atoms with Gasteiger partial charge in [-0.05, 0) is 29.8 Å². The van der Waals surface area contributed by atoms with Crippen LogP contribution in [0.15, 0.2) is 42.5 Å². The molecule has 26 heavy (non-hydrogen) atoms. The van der Waals surface area contributed by atoms with Crippen LogP contribution in [0.1, 0.15) is 29.2 Å². The Bertz CT molecular complexity index is 755. The molecule has 1 N–H and O–H groups in total. The van der Waals surface area contributed by atoms with Gasteiger partial charge in [-0.2, -0.15) is 0 Å². The van der Waals surface area contributed by atoms with Gasteiger partial charge < -0.3 is 24.1 Å². The third-order valence-corrected chi connectivity index (χ3v) is 3.98. The van der Waals surface area contributed by atoms with Gasteiger partial charge in [0.2, 0.25) is 6.17 Å². The molecule has 7 heteroatoms. The molecule has 1 heterocycles. The highest BCUT2D eigenvalue weighted by Gasteiger charge is 2.25. The summed E-state index contributed by atoms with van der Waals surface area (Å²) in [5.74, 6) is -0.493. The van der Waals surface area contributed by atoms with E-state index < -0.39 is 18.4 Å². The summed E-state index contributed by atoms with van der Waals surface area (Å²) in [5, 5.41) is 8.89. The lowest BCUT2D eigenvalue weighted by Crippen LogP contribution is -2.09. The second-order valence-corrected chi connectivity index (χ2v) is 5.71. The van der Waals surface area contributed by atoms with Crippen molar-refractivity contribution in [3.05, 3.63) is 59.2 Å². The smallest absolute Gasteiger partial charge is 0.343 e. The van der Waals surface area contributed by atoms with Crippen LogP contribution in [0.3, 0.4) is 0 Å². The van der Waals surface area contributed by atoms with Crippen molar-refractivity contribution in [2.45, 2.75) is 19.1 Å². The maximum atomic E-state index is 13.9. The van der Waals surface area contributed by atoms with Gasteiger partial charge in [-0.25, -0.2) is 9.18 Å². The number of aliphatic carboxylic acids is 1. The molecule has 1 aliphatic heterocycles. The highest BCUT2D eigenvalue weighted by atomic mass is 19.1. The molecule has 0 saturated carbocycles. The lowest BCUT2D eigenvalue weighted by molar-refractivity contribution is -0.143. The first-order chi connectivity index (χ1) is 12.6. The molecule has 3 rings (SSSR count). The molecule has 0 bridgehead atoms. The van der Waals surface area contributed by atoms with Gasteiger partial charge >= 0.3 is 5.97 Å². The van der Waals surface area contributed by atoms with E-state index in [2.05, 4.69) is 0 Å². The first kappa shape index (κ1) is 18.2. The Kier molecular flexibility index (Phi) is 5.70. The number of carboxylic acid groups (broad SMARTS) is 1. The van der Waals surface area contributed by atoms with E-state index in [-0.39, 0.29) is 12.2 Å². The van der Waals surface area contributed by atoms with Crippen molar-refractivity contribution in [3.63, 3.8) is 0 Å². The number of benzene rings is 2. The second-order valence-electron chi connectivity index (χ2n) is 5.71. The van der Waals surface area contributed by atoms with Crippen LogP contribution in [0.5, 0.6) is 11.5 Å². The predicted molar refractivity (Wildman–Crippen MR) is 89.9 cm³/mol. The Labute approximate surface area is 150 Å². The van der Waals surface area contributed by atoms with Crippen LogP contribution < -0.4 is 9.47 Å². The number of carboxylic acids is 1. The fourth-order valence-electron chi connectivity index (χ4n) is 2.59. The van der Waals surface area contributed by atoms with E-state index >= 15 is 0 Å². The third-order valence-electron chi connectivity index (χ3n) is 3.98. The Balaban J connectivity index is 1.83. The molecule has 1 fully saturated rings. The average Bonchev–Trinajstić information content (AvgIpc) is 3.20. The van der Waals surface area contributed by atoms with Crippen LogP contribution in [-0.4, -0.2) is 31.4 Å². The van der Waals surface area contributed by atoms with Gasteiger partial charge in [0.1, 0.15) is 18.1 Å². The fraction of sp³-hybridized carbons (Fsp3) is 0.316. The molecule has 0 amide bonds. The van der Waals surface area contributed by atoms with Gasteiger partial charge in [0.15, 0.2) is 6.29 Å². The number of ether oxygens (including phenoxy) is 4. The quantitative estimate of drug-likeness (QED) is 0.814. The predicted octanol–water partition coefficient (Wildman–Crippen LogP) is 3.41. The zero-order chi connectivity index (χ0) is 18.5. The molecule has 0 radical (unpaired) electrons. The molecule has 0 spiro atoms. The van der Waals surface area contributed by atoms with E-state index in [4.69, 9.17) is 24.1 Å². The monoisotopic (exact) mass is 362 g/mol.